The third-order valence-corrected chi connectivity index (χ3v) is 4.50. The Bertz CT molecular complexity index is 432. The average Bonchev–Trinajstić information content (AvgIpc) is 2.98. The molecule has 0 bridgehead atoms. The summed E-state index contributed by atoms with van der Waals surface area (Å²) in [4.78, 5) is 36.3. The smallest absolute Gasteiger partial charge is 0.317 e. The monoisotopic (exact) mass is 312 g/mol. The molecule has 7 nitrogen and oxygen atoms in total. The van der Waals surface area contributed by atoms with E-state index in [1.165, 1.54) is 0 Å². The number of amides is 2. The van der Waals surface area contributed by atoms with Gasteiger partial charge in [0.1, 0.15) is 0 Å². The second-order valence-corrected chi connectivity index (χ2v) is 6.02. The molecule has 2 N–H and O–H groups in total. The predicted octanol–water partition coefficient (Wildman–Crippen LogP) is 1.22. The van der Waals surface area contributed by atoms with Gasteiger partial charge in [-0.05, 0) is 39.0 Å². The lowest BCUT2D eigenvalue weighted by molar-refractivity contribution is -0.149. The number of hydrogen-bond donors (Lipinski definition) is 2. The fourth-order valence-corrected chi connectivity index (χ4v) is 3.15. The van der Waals surface area contributed by atoms with Crippen molar-refractivity contribution in [3.63, 3.8) is 0 Å². The van der Waals surface area contributed by atoms with E-state index in [0.717, 1.165) is 25.7 Å². The van der Waals surface area contributed by atoms with Gasteiger partial charge in [0, 0.05) is 19.1 Å². The summed E-state index contributed by atoms with van der Waals surface area (Å²) in [7, 11) is 0. The Hall–Kier alpha value is -1.79. The number of carboxylic acids is 1. The van der Waals surface area contributed by atoms with Crippen LogP contribution in [0, 0.1) is 11.8 Å². The average molecular weight is 312 g/mol. The van der Waals surface area contributed by atoms with Crippen LogP contribution in [-0.2, 0) is 14.3 Å². The molecule has 2 rings (SSSR count). The number of aliphatic carboxylic acids is 1. The molecule has 1 unspecified atom stereocenters. The highest BCUT2D eigenvalue weighted by molar-refractivity contribution is 5.77. The topological polar surface area (TPSA) is 95.9 Å². The molecule has 7 heteroatoms. The molecule has 0 aromatic rings. The van der Waals surface area contributed by atoms with Gasteiger partial charge < -0.3 is 20.1 Å². The van der Waals surface area contributed by atoms with Crippen LogP contribution in [-0.4, -0.2) is 53.7 Å². The zero-order chi connectivity index (χ0) is 16.1. The van der Waals surface area contributed by atoms with Gasteiger partial charge in [-0.3, -0.25) is 9.59 Å². The van der Waals surface area contributed by atoms with Gasteiger partial charge in [-0.1, -0.05) is 0 Å². The van der Waals surface area contributed by atoms with Gasteiger partial charge in [0.25, 0.3) is 0 Å². The van der Waals surface area contributed by atoms with Gasteiger partial charge in [-0.25, -0.2) is 4.79 Å². The van der Waals surface area contributed by atoms with Crippen molar-refractivity contribution in [2.75, 3.05) is 19.7 Å². The maximum absolute atomic E-state index is 12.1. The van der Waals surface area contributed by atoms with Gasteiger partial charge in [0.05, 0.1) is 18.4 Å². The number of carboxylic acid groups (broad SMARTS) is 1. The van der Waals surface area contributed by atoms with E-state index in [4.69, 9.17) is 9.84 Å². The number of esters is 1. The summed E-state index contributed by atoms with van der Waals surface area (Å²) in [5, 5.41) is 11.9. The molecule has 0 aromatic heterocycles. The SMILES string of the molecule is CCOC(=O)C1CCC(NC(=O)N2CCC(C(=O)O)C2)CC1. The number of carbonyl (C=O) groups excluding carboxylic acids is 2. The molecule has 0 spiro atoms. The van der Waals surface area contributed by atoms with Crippen LogP contribution in [0.2, 0.25) is 0 Å². The number of ether oxygens (including phenoxy) is 1. The van der Waals surface area contributed by atoms with E-state index in [9.17, 15) is 14.4 Å². The van der Waals surface area contributed by atoms with E-state index in [1.54, 1.807) is 11.8 Å². The molecular formula is C15H24N2O5. The number of likely N-dealkylation sites (tertiary alicyclic amines) is 1. The van der Waals surface area contributed by atoms with Crippen molar-refractivity contribution in [1.29, 1.82) is 0 Å². The van der Waals surface area contributed by atoms with Gasteiger partial charge in [-0.15, -0.1) is 0 Å². The molecule has 1 saturated carbocycles. The van der Waals surface area contributed by atoms with E-state index in [-0.39, 0.29) is 30.5 Å². The lowest BCUT2D eigenvalue weighted by Gasteiger charge is -2.29. The van der Waals surface area contributed by atoms with Crippen molar-refractivity contribution in [3.8, 4) is 0 Å². The summed E-state index contributed by atoms with van der Waals surface area (Å²) in [6, 6.07) is -0.134. The molecule has 22 heavy (non-hydrogen) atoms. The Morgan fingerprint density at radius 1 is 1.14 bits per heavy atom. The lowest BCUT2D eigenvalue weighted by Crippen LogP contribution is -2.45. The van der Waals surface area contributed by atoms with Crippen molar-refractivity contribution in [3.05, 3.63) is 0 Å². The van der Waals surface area contributed by atoms with Crippen LogP contribution in [0.3, 0.4) is 0 Å². The largest absolute Gasteiger partial charge is 0.481 e. The molecule has 1 heterocycles. The highest BCUT2D eigenvalue weighted by Gasteiger charge is 2.33. The van der Waals surface area contributed by atoms with Crippen molar-refractivity contribution in [2.24, 2.45) is 11.8 Å². The third-order valence-electron chi connectivity index (χ3n) is 4.50. The normalized spacial score (nSPS) is 28.2. The summed E-state index contributed by atoms with van der Waals surface area (Å²) < 4.78 is 5.02. The summed E-state index contributed by atoms with van der Waals surface area (Å²) in [5.74, 6) is -1.50. The van der Waals surface area contributed by atoms with Crippen LogP contribution in [0.4, 0.5) is 4.79 Å². The van der Waals surface area contributed by atoms with Crippen LogP contribution in [0.1, 0.15) is 39.0 Å². The number of hydrogen-bond acceptors (Lipinski definition) is 4. The fourth-order valence-electron chi connectivity index (χ4n) is 3.15. The molecule has 1 aliphatic carbocycles. The maximum Gasteiger partial charge on any atom is 0.317 e. The lowest BCUT2D eigenvalue weighted by atomic mass is 9.86. The third kappa shape index (κ3) is 4.11. The number of carbonyl (C=O) groups is 3. The van der Waals surface area contributed by atoms with Gasteiger partial charge in [-0.2, -0.15) is 0 Å². The minimum atomic E-state index is -0.842. The minimum absolute atomic E-state index is 0.0575. The highest BCUT2D eigenvalue weighted by Crippen LogP contribution is 2.26. The number of rotatable bonds is 4. The molecule has 1 aliphatic heterocycles. The summed E-state index contributed by atoms with van der Waals surface area (Å²) in [5.41, 5.74) is 0. The molecule has 1 saturated heterocycles. The predicted molar refractivity (Wildman–Crippen MR) is 78.2 cm³/mol. The maximum atomic E-state index is 12.1. The van der Waals surface area contributed by atoms with E-state index >= 15 is 0 Å². The molecule has 0 radical (unpaired) electrons. The first kappa shape index (κ1) is 16.6. The number of nitrogens with one attached hydrogen (secondary N) is 1. The van der Waals surface area contributed by atoms with Crippen molar-refractivity contribution < 1.29 is 24.2 Å². The first-order chi connectivity index (χ1) is 10.5. The van der Waals surface area contributed by atoms with Crippen LogP contribution < -0.4 is 5.32 Å². The molecule has 2 amide bonds. The van der Waals surface area contributed by atoms with Crippen LogP contribution in [0.5, 0.6) is 0 Å². The van der Waals surface area contributed by atoms with Crippen LogP contribution in [0.25, 0.3) is 0 Å². The second kappa shape index (κ2) is 7.47. The Kier molecular flexibility index (Phi) is 5.63. The summed E-state index contributed by atoms with van der Waals surface area (Å²) in [6.07, 6.45) is 3.47. The van der Waals surface area contributed by atoms with Gasteiger partial charge in [0.2, 0.25) is 0 Å². The Morgan fingerprint density at radius 3 is 2.36 bits per heavy atom. The molecule has 2 fully saturated rings. The molecule has 0 aromatic carbocycles. The standard InChI is InChI=1S/C15H24N2O5/c1-2-22-14(20)10-3-5-12(6-4-10)16-15(21)17-8-7-11(9-17)13(18)19/h10-12H,2-9H2,1H3,(H,16,21)(H,18,19). The Labute approximate surface area is 130 Å². The first-order valence-electron chi connectivity index (χ1n) is 7.96. The summed E-state index contributed by atoms with van der Waals surface area (Å²) in [6.45, 7) is 2.96. The van der Waals surface area contributed by atoms with Gasteiger partial charge in [0.15, 0.2) is 0 Å². The number of urea groups is 1. The van der Waals surface area contributed by atoms with Gasteiger partial charge >= 0.3 is 18.0 Å². The molecule has 1 atom stereocenters. The van der Waals surface area contributed by atoms with E-state index in [1.807, 2.05) is 0 Å². The first-order valence-corrected chi connectivity index (χ1v) is 7.96. The quantitative estimate of drug-likeness (QED) is 0.761. The highest BCUT2D eigenvalue weighted by atomic mass is 16.5. The van der Waals surface area contributed by atoms with E-state index < -0.39 is 11.9 Å². The molecule has 2 aliphatic rings. The number of nitrogens with zero attached hydrogens (tertiary/aromatic N) is 1. The molecular weight excluding hydrogens is 288 g/mol. The molecule has 124 valence electrons. The Balaban J connectivity index is 1.73. The fraction of sp³-hybridized carbons (Fsp3) is 0.800. The van der Waals surface area contributed by atoms with Crippen LogP contribution in [0.15, 0.2) is 0 Å². The van der Waals surface area contributed by atoms with Crippen molar-refractivity contribution in [1.82, 2.24) is 10.2 Å². The minimum Gasteiger partial charge on any atom is -0.481 e. The zero-order valence-electron chi connectivity index (χ0n) is 12.9. The second-order valence-electron chi connectivity index (χ2n) is 6.02. The van der Waals surface area contributed by atoms with Crippen molar-refractivity contribution >= 4 is 18.0 Å². The zero-order valence-corrected chi connectivity index (χ0v) is 12.9. The van der Waals surface area contributed by atoms with E-state index in [0.29, 0.717) is 19.6 Å². The van der Waals surface area contributed by atoms with Crippen LogP contribution >= 0.6 is 0 Å². The van der Waals surface area contributed by atoms with E-state index in [2.05, 4.69) is 5.32 Å². The Morgan fingerprint density at radius 2 is 1.82 bits per heavy atom. The van der Waals surface area contributed by atoms with Crippen molar-refractivity contribution in [2.45, 2.75) is 45.1 Å². The summed E-state index contributed by atoms with van der Waals surface area (Å²) >= 11 is 0.